The number of aromatic nitrogens is 8. The molecule has 0 saturated heterocycles. The molecule has 5 aromatic heterocycles. The molecule has 0 aliphatic carbocycles. The Hall–Kier alpha value is -8.92. The van der Waals surface area contributed by atoms with Crippen LogP contribution in [0.25, 0.3) is 123 Å². The standard InChI is InChI=1S/C59H40N8S/c1-3-21-50-42(4-2)54-44(31-19-34-52(54)66(50)58-60-46(38-22-9-5-10-23-38)36-47(61-58)39-24-11-6-12-25-39)56-64-65-57(68-56)45-32-20-35-53-55(45)43-30-17-18-33-51(43)67(53)59-62-48(40-26-13-7-14-27-40)37-49(63-59)41-28-15-8-16-29-41/h3-37H,2H2,1H3/b21-3-. The number of fused-ring (bicyclic) bond motifs is 4. The molecule has 12 aromatic rings. The first kappa shape index (κ1) is 40.6. The van der Waals surface area contributed by atoms with Crippen molar-refractivity contribution in [3.63, 3.8) is 0 Å². The fraction of sp³-hybridized carbons (Fsp3) is 0.0169. The quantitative estimate of drug-likeness (QED) is 0.136. The van der Waals surface area contributed by atoms with Crippen molar-refractivity contribution >= 4 is 56.2 Å². The molecule has 5 heterocycles. The van der Waals surface area contributed by atoms with E-state index in [2.05, 4.69) is 143 Å². The highest BCUT2D eigenvalue weighted by molar-refractivity contribution is 7.18. The number of benzene rings is 7. The van der Waals surface area contributed by atoms with Crippen molar-refractivity contribution < 1.29 is 0 Å². The van der Waals surface area contributed by atoms with Crippen molar-refractivity contribution in [1.82, 2.24) is 39.3 Å². The summed E-state index contributed by atoms with van der Waals surface area (Å²) in [6.07, 6.45) is 6.07. The van der Waals surface area contributed by atoms with E-state index in [1.807, 2.05) is 91.9 Å². The highest BCUT2D eigenvalue weighted by Crippen LogP contribution is 2.44. The number of rotatable bonds is 10. The minimum atomic E-state index is 0.559. The van der Waals surface area contributed by atoms with Crippen LogP contribution in [0.15, 0.2) is 207 Å². The summed E-state index contributed by atoms with van der Waals surface area (Å²) in [4.78, 5) is 21.0. The fourth-order valence-electron chi connectivity index (χ4n) is 9.26. The van der Waals surface area contributed by atoms with Crippen LogP contribution in [0.5, 0.6) is 0 Å². The second kappa shape index (κ2) is 17.1. The lowest BCUT2D eigenvalue weighted by molar-refractivity contribution is 0.958. The van der Waals surface area contributed by atoms with Gasteiger partial charge in [-0.1, -0.05) is 194 Å². The second-order valence-electron chi connectivity index (χ2n) is 16.3. The first-order valence-corrected chi connectivity index (χ1v) is 23.3. The molecule has 0 aliphatic heterocycles. The van der Waals surface area contributed by atoms with Crippen LogP contribution in [-0.4, -0.2) is 39.3 Å². The molecule has 0 atom stereocenters. The van der Waals surface area contributed by atoms with Crippen LogP contribution in [0.3, 0.4) is 0 Å². The molecular weight excluding hydrogens is 853 g/mol. The molecule has 0 spiro atoms. The maximum Gasteiger partial charge on any atom is 0.235 e. The Labute approximate surface area is 396 Å². The van der Waals surface area contributed by atoms with E-state index in [0.717, 1.165) is 110 Å². The summed E-state index contributed by atoms with van der Waals surface area (Å²) in [6.45, 7) is 6.37. The summed E-state index contributed by atoms with van der Waals surface area (Å²) < 4.78 is 4.32. The lowest BCUT2D eigenvalue weighted by atomic mass is 10.0. The Morgan fingerprint density at radius 3 is 1.32 bits per heavy atom. The lowest BCUT2D eigenvalue weighted by Crippen LogP contribution is -2.05. The molecule has 7 aromatic carbocycles. The minimum Gasteiger partial charge on any atom is -0.278 e. The summed E-state index contributed by atoms with van der Waals surface area (Å²) in [5, 5.41) is 14.6. The molecule has 68 heavy (non-hydrogen) atoms. The van der Waals surface area contributed by atoms with Crippen LogP contribution in [-0.2, 0) is 0 Å². The van der Waals surface area contributed by atoms with Crippen molar-refractivity contribution in [3.05, 3.63) is 218 Å². The highest BCUT2D eigenvalue weighted by atomic mass is 32.1. The maximum absolute atomic E-state index is 5.25. The van der Waals surface area contributed by atoms with E-state index in [0.29, 0.717) is 11.9 Å². The molecule has 0 bridgehead atoms. The Kier molecular flexibility index (Phi) is 10.2. The van der Waals surface area contributed by atoms with Gasteiger partial charge in [-0.05, 0) is 43.3 Å². The van der Waals surface area contributed by atoms with Crippen LogP contribution in [0.4, 0.5) is 0 Å². The van der Waals surface area contributed by atoms with E-state index in [4.69, 9.17) is 30.1 Å². The molecular formula is C59H40N8S. The fourth-order valence-corrected chi connectivity index (χ4v) is 10.2. The average Bonchev–Trinajstić information content (AvgIpc) is 4.13. The molecule has 0 aliphatic rings. The van der Waals surface area contributed by atoms with Gasteiger partial charge in [0.1, 0.15) is 10.0 Å². The Bertz CT molecular complexity index is 3760. The van der Waals surface area contributed by atoms with Crippen LogP contribution in [0.1, 0.15) is 18.2 Å². The van der Waals surface area contributed by atoms with Gasteiger partial charge in [0, 0.05) is 55.1 Å². The van der Waals surface area contributed by atoms with Crippen molar-refractivity contribution in [2.45, 2.75) is 6.92 Å². The number of para-hydroxylation sites is 1. The summed E-state index contributed by atoms with van der Waals surface area (Å²) >= 11 is 1.57. The summed E-state index contributed by atoms with van der Waals surface area (Å²) in [5.41, 5.74) is 14.1. The third-order valence-electron chi connectivity index (χ3n) is 12.3. The third kappa shape index (κ3) is 7.01. The molecule has 0 amide bonds. The van der Waals surface area contributed by atoms with Gasteiger partial charge in [0.15, 0.2) is 0 Å². The van der Waals surface area contributed by atoms with E-state index in [9.17, 15) is 0 Å². The van der Waals surface area contributed by atoms with Crippen LogP contribution in [0.2, 0.25) is 0 Å². The van der Waals surface area contributed by atoms with E-state index in [1.165, 1.54) is 0 Å². The van der Waals surface area contributed by atoms with Crippen LogP contribution >= 0.6 is 11.3 Å². The molecule has 9 heteroatoms. The molecule has 12 rings (SSSR count). The maximum atomic E-state index is 5.25. The van der Waals surface area contributed by atoms with Gasteiger partial charge in [-0.3, -0.25) is 9.13 Å². The summed E-state index contributed by atoms with van der Waals surface area (Å²) in [6, 6.07) is 66.3. The number of allylic oxidation sites excluding steroid dienone is 1. The number of nitrogens with zero attached hydrogens (tertiary/aromatic N) is 8. The lowest BCUT2D eigenvalue weighted by Gasteiger charge is -2.12. The van der Waals surface area contributed by atoms with Gasteiger partial charge < -0.3 is 0 Å². The van der Waals surface area contributed by atoms with Gasteiger partial charge in [-0.15, -0.1) is 10.2 Å². The van der Waals surface area contributed by atoms with Crippen molar-refractivity contribution in [2.75, 3.05) is 0 Å². The number of hydrogen-bond donors (Lipinski definition) is 0. The largest absolute Gasteiger partial charge is 0.278 e. The zero-order valence-corrected chi connectivity index (χ0v) is 37.7. The molecule has 0 unspecified atom stereocenters. The zero-order chi connectivity index (χ0) is 45.6. The SMILES string of the molecule is C=Cc1c(/C=C\C)n(-c2nc(-c3ccccc3)cc(-c3ccccc3)n2)c2cccc(-c3nnc(-c4cccc5c4c4ccccc4n5-c4nc(-c5ccccc5)cc(-c5ccccc5)n4)s3)c12. The predicted octanol–water partition coefficient (Wildman–Crippen LogP) is 14.8. The second-order valence-corrected chi connectivity index (χ2v) is 17.3. The van der Waals surface area contributed by atoms with Gasteiger partial charge in [-0.25, -0.2) is 19.9 Å². The van der Waals surface area contributed by atoms with Gasteiger partial charge in [-0.2, -0.15) is 0 Å². The van der Waals surface area contributed by atoms with Crippen molar-refractivity contribution in [2.24, 2.45) is 0 Å². The van der Waals surface area contributed by atoms with Gasteiger partial charge in [0.25, 0.3) is 0 Å². The molecule has 8 nitrogen and oxygen atoms in total. The zero-order valence-electron chi connectivity index (χ0n) is 36.9. The van der Waals surface area contributed by atoms with Gasteiger partial charge in [0.2, 0.25) is 11.9 Å². The summed E-state index contributed by atoms with van der Waals surface area (Å²) in [7, 11) is 0. The average molecular weight is 893 g/mol. The topological polar surface area (TPSA) is 87.2 Å². The molecule has 0 radical (unpaired) electrons. The normalized spacial score (nSPS) is 11.6. The molecule has 322 valence electrons. The molecule has 0 saturated carbocycles. The van der Waals surface area contributed by atoms with Crippen LogP contribution in [0, 0.1) is 0 Å². The van der Waals surface area contributed by atoms with E-state index < -0.39 is 0 Å². The highest BCUT2D eigenvalue weighted by Gasteiger charge is 2.25. The van der Waals surface area contributed by atoms with Crippen molar-refractivity contribution in [3.8, 4) is 78.1 Å². The molecule has 0 N–H and O–H groups in total. The van der Waals surface area contributed by atoms with Gasteiger partial charge in [0.05, 0.1) is 45.0 Å². The molecule has 0 fully saturated rings. The predicted molar refractivity (Wildman–Crippen MR) is 280 cm³/mol. The first-order valence-electron chi connectivity index (χ1n) is 22.4. The Morgan fingerprint density at radius 1 is 0.441 bits per heavy atom. The Morgan fingerprint density at radius 2 is 0.853 bits per heavy atom. The van der Waals surface area contributed by atoms with E-state index in [-0.39, 0.29) is 0 Å². The summed E-state index contributed by atoms with van der Waals surface area (Å²) in [5.74, 6) is 1.15. The van der Waals surface area contributed by atoms with Crippen LogP contribution < -0.4 is 0 Å². The Balaban J connectivity index is 1.03. The minimum absolute atomic E-state index is 0.559. The monoisotopic (exact) mass is 892 g/mol. The number of hydrogen-bond acceptors (Lipinski definition) is 7. The third-order valence-corrected chi connectivity index (χ3v) is 13.3. The van der Waals surface area contributed by atoms with Crippen molar-refractivity contribution in [1.29, 1.82) is 0 Å². The van der Waals surface area contributed by atoms with E-state index >= 15 is 0 Å². The van der Waals surface area contributed by atoms with E-state index in [1.54, 1.807) is 11.3 Å². The van der Waals surface area contributed by atoms with Gasteiger partial charge >= 0.3 is 0 Å². The smallest absolute Gasteiger partial charge is 0.235 e. The first-order chi connectivity index (χ1) is 33.6.